The van der Waals surface area contributed by atoms with Crippen LogP contribution in [0, 0.1) is 20.8 Å². The van der Waals surface area contributed by atoms with Crippen LogP contribution >= 0.6 is 0 Å². The Morgan fingerprint density at radius 1 is 1.25 bits per heavy atom. The molecule has 0 aromatic carbocycles. The smallest absolute Gasteiger partial charge is 0.163 e. The van der Waals surface area contributed by atoms with Gasteiger partial charge in [0.1, 0.15) is 23.3 Å². The maximum Gasteiger partial charge on any atom is 0.163 e. The van der Waals surface area contributed by atoms with Crippen LogP contribution in [-0.2, 0) is 0 Å². The summed E-state index contributed by atoms with van der Waals surface area (Å²) in [5.41, 5.74) is 2.42. The average molecular weight is 278 g/mol. The standard InChI is InChI=1S/C15H22N2O3/c1-8(2)17-14(12(19-6)7-16-17)15(18)13-9(3)10(4)20-11(13)5/h7-8,15,18H,1-6H3. The highest BCUT2D eigenvalue weighted by atomic mass is 16.5. The molecule has 1 N–H and O–H groups in total. The lowest BCUT2D eigenvalue weighted by Gasteiger charge is -2.17. The zero-order valence-corrected chi connectivity index (χ0v) is 12.9. The predicted molar refractivity (Wildman–Crippen MR) is 76.1 cm³/mol. The molecular formula is C15H22N2O3. The van der Waals surface area contributed by atoms with E-state index in [9.17, 15) is 5.11 Å². The molecule has 1 atom stereocenters. The van der Waals surface area contributed by atoms with Crippen molar-refractivity contribution in [3.05, 3.63) is 34.5 Å². The third-order valence-corrected chi connectivity index (χ3v) is 3.66. The van der Waals surface area contributed by atoms with Crippen molar-refractivity contribution in [2.45, 2.75) is 46.8 Å². The lowest BCUT2D eigenvalue weighted by Crippen LogP contribution is -2.14. The van der Waals surface area contributed by atoms with Gasteiger partial charge in [0.2, 0.25) is 0 Å². The summed E-state index contributed by atoms with van der Waals surface area (Å²) in [7, 11) is 1.58. The summed E-state index contributed by atoms with van der Waals surface area (Å²) in [5.74, 6) is 2.14. The number of furan rings is 1. The molecule has 0 amide bonds. The molecule has 0 aliphatic heterocycles. The van der Waals surface area contributed by atoms with Gasteiger partial charge in [0, 0.05) is 11.6 Å². The summed E-state index contributed by atoms with van der Waals surface area (Å²) in [4.78, 5) is 0. The predicted octanol–water partition coefficient (Wildman–Crippen LogP) is 3.07. The van der Waals surface area contributed by atoms with E-state index in [4.69, 9.17) is 9.15 Å². The Labute approximate surface area is 119 Å². The average Bonchev–Trinajstić information content (AvgIpc) is 2.91. The Bertz CT molecular complexity index is 611. The van der Waals surface area contributed by atoms with Gasteiger partial charge in [-0.15, -0.1) is 0 Å². The number of aryl methyl sites for hydroxylation is 2. The van der Waals surface area contributed by atoms with Gasteiger partial charge in [0.05, 0.1) is 13.3 Å². The number of aliphatic hydroxyl groups excluding tert-OH is 1. The molecule has 5 nitrogen and oxygen atoms in total. The van der Waals surface area contributed by atoms with E-state index in [1.807, 2.05) is 34.6 Å². The molecule has 0 spiro atoms. The first-order valence-electron chi connectivity index (χ1n) is 6.74. The van der Waals surface area contributed by atoms with Crippen molar-refractivity contribution in [3.8, 4) is 5.75 Å². The van der Waals surface area contributed by atoms with Crippen LogP contribution in [0.15, 0.2) is 10.6 Å². The second-order valence-corrected chi connectivity index (χ2v) is 5.29. The molecule has 2 heterocycles. The van der Waals surface area contributed by atoms with E-state index in [1.54, 1.807) is 18.0 Å². The molecule has 0 aliphatic rings. The van der Waals surface area contributed by atoms with Crippen molar-refractivity contribution in [1.82, 2.24) is 9.78 Å². The highest BCUT2D eigenvalue weighted by Gasteiger charge is 2.27. The Hall–Kier alpha value is -1.75. The Morgan fingerprint density at radius 2 is 1.90 bits per heavy atom. The largest absolute Gasteiger partial charge is 0.493 e. The van der Waals surface area contributed by atoms with E-state index in [2.05, 4.69) is 5.10 Å². The molecule has 2 rings (SSSR count). The lowest BCUT2D eigenvalue weighted by atomic mass is 10.0. The first kappa shape index (κ1) is 14.7. The number of ether oxygens (including phenoxy) is 1. The molecule has 20 heavy (non-hydrogen) atoms. The second-order valence-electron chi connectivity index (χ2n) is 5.29. The molecule has 2 aromatic heterocycles. The van der Waals surface area contributed by atoms with Crippen molar-refractivity contribution in [3.63, 3.8) is 0 Å². The van der Waals surface area contributed by atoms with Crippen molar-refractivity contribution < 1.29 is 14.3 Å². The summed E-state index contributed by atoms with van der Waals surface area (Å²) < 4.78 is 12.7. The van der Waals surface area contributed by atoms with Crippen LogP contribution in [-0.4, -0.2) is 22.0 Å². The van der Waals surface area contributed by atoms with Gasteiger partial charge >= 0.3 is 0 Å². The first-order valence-corrected chi connectivity index (χ1v) is 6.74. The van der Waals surface area contributed by atoms with E-state index in [0.717, 1.165) is 22.6 Å². The zero-order valence-electron chi connectivity index (χ0n) is 12.9. The molecule has 0 bridgehead atoms. The van der Waals surface area contributed by atoms with Crippen LogP contribution in [0.5, 0.6) is 5.75 Å². The molecule has 0 fully saturated rings. The van der Waals surface area contributed by atoms with Gasteiger partial charge in [-0.3, -0.25) is 4.68 Å². The van der Waals surface area contributed by atoms with Crippen molar-refractivity contribution in [1.29, 1.82) is 0 Å². The van der Waals surface area contributed by atoms with Crippen molar-refractivity contribution in [2.75, 3.05) is 7.11 Å². The molecule has 110 valence electrons. The Kier molecular flexibility index (Phi) is 3.90. The topological polar surface area (TPSA) is 60.4 Å². The van der Waals surface area contributed by atoms with Crippen LogP contribution in [0.3, 0.4) is 0 Å². The van der Waals surface area contributed by atoms with Gasteiger partial charge in [-0.05, 0) is 40.2 Å². The van der Waals surface area contributed by atoms with Crippen LogP contribution in [0.4, 0.5) is 0 Å². The fourth-order valence-electron chi connectivity index (χ4n) is 2.53. The quantitative estimate of drug-likeness (QED) is 0.933. The number of aliphatic hydroxyl groups is 1. The third-order valence-electron chi connectivity index (χ3n) is 3.66. The van der Waals surface area contributed by atoms with E-state index in [0.29, 0.717) is 11.4 Å². The first-order chi connectivity index (χ1) is 9.38. The van der Waals surface area contributed by atoms with Gasteiger partial charge in [-0.1, -0.05) is 0 Å². The number of methoxy groups -OCH3 is 1. The monoisotopic (exact) mass is 278 g/mol. The van der Waals surface area contributed by atoms with Crippen molar-refractivity contribution >= 4 is 0 Å². The van der Waals surface area contributed by atoms with Gasteiger partial charge in [0.25, 0.3) is 0 Å². The normalized spacial score (nSPS) is 13.0. The van der Waals surface area contributed by atoms with Gasteiger partial charge < -0.3 is 14.3 Å². The number of hydrogen-bond donors (Lipinski definition) is 1. The SMILES string of the molecule is COc1cnn(C(C)C)c1C(O)c1c(C)oc(C)c1C. The van der Waals surface area contributed by atoms with Crippen LogP contribution in [0.1, 0.15) is 54.3 Å². The van der Waals surface area contributed by atoms with E-state index in [-0.39, 0.29) is 6.04 Å². The molecule has 1 unspecified atom stereocenters. The molecule has 2 aromatic rings. The lowest BCUT2D eigenvalue weighted by molar-refractivity contribution is 0.197. The Morgan fingerprint density at radius 3 is 2.35 bits per heavy atom. The molecule has 0 aliphatic carbocycles. The van der Waals surface area contributed by atoms with Gasteiger partial charge in [0.15, 0.2) is 5.75 Å². The number of rotatable bonds is 4. The number of nitrogens with zero attached hydrogens (tertiary/aromatic N) is 2. The summed E-state index contributed by atoms with van der Waals surface area (Å²) in [6.07, 6.45) is 0.822. The summed E-state index contributed by atoms with van der Waals surface area (Å²) in [6, 6.07) is 0.136. The van der Waals surface area contributed by atoms with Crippen molar-refractivity contribution in [2.24, 2.45) is 0 Å². The second kappa shape index (κ2) is 5.32. The zero-order chi connectivity index (χ0) is 15.0. The fourth-order valence-corrected chi connectivity index (χ4v) is 2.53. The van der Waals surface area contributed by atoms with Gasteiger partial charge in [-0.2, -0.15) is 5.10 Å². The summed E-state index contributed by atoms with van der Waals surface area (Å²) in [6.45, 7) is 9.75. The maximum atomic E-state index is 10.8. The van der Waals surface area contributed by atoms with E-state index < -0.39 is 6.10 Å². The third kappa shape index (κ3) is 2.22. The maximum absolute atomic E-state index is 10.8. The minimum atomic E-state index is -0.813. The molecule has 0 radical (unpaired) electrons. The molecule has 0 saturated heterocycles. The van der Waals surface area contributed by atoms with E-state index in [1.165, 1.54) is 0 Å². The Balaban J connectivity index is 2.58. The minimum Gasteiger partial charge on any atom is -0.493 e. The molecule has 0 saturated carbocycles. The minimum absolute atomic E-state index is 0.136. The van der Waals surface area contributed by atoms with E-state index >= 15 is 0 Å². The highest BCUT2D eigenvalue weighted by Crippen LogP contribution is 2.36. The van der Waals surface area contributed by atoms with Crippen LogP contribution in [0.25, 0.3) is 0 Å². The highest BCUT2D eigenvalue weighted by molar-refractivity contribution is 5.41. The number of hydrogen-bond acceptors (Lipinski definition) is 4. The molecular weight excluding hydrogens is 256 g/mol. The van der Waals surface area contributed by atoms with Crippen LogP contribution < -0.4 is 4.74 Å². The summed E-state index contributed by atoms with van der Waals surface area (Å²) in [5, 5.41) is 15.1. The fraction of sp³-hybridized carbons (Fsp3) is 0.533. The summed E-state index contributed by atoms with van der Waals surface area (Å²) >= 11 is 0. The number of aromatic nitrogens is 2. The van der Waals surface area contributed by atoms with Gasteiger partial charge in [-0.25, -0.2) is 0 Å². The van der Waals surface area contributed by atoms with Crippen LogP contribution in [0.2, 0.25) is 0 Å². The molecule has 5 heteroatoms.